The van der Waals surface area contributed by atoms with E-state index in [0.29, 0.717) is 30.5 Å². The fourth-order valence-electron chi connectivity index (χ4n) is 3.25. The highest BCUT2D eigenvalue weighted by molar-refractivity contribution is 5.94. The predicted molar refractivity (Wildman–Crippen MR) is 100 cm³/mol. The molecule has 3 aromatic rings. The topological polar surface area (TPSA) is 81.9 Å². The first-order valence-corrected chi connectivity index (χ1v) is 9.02. The van der Waals surface area contributed by atoms with Gasteiger partial charge < -0.3 is 10.1 Å². The average Bonchev–Trinajstić information content (AvgIpc) is 3.02. The molecular weight excluding hydrogens is 342 g/mol. The zero-order valence-corrected chi connectivity index (χ0v) is 15.1. The third kappa shape index (κ3) is 3.97. The van der Waals surface area contributed by atoms with Gasteiger partial charge in [-0.1, -0.05) is 30.3 Å². The van der Waals surface area contributed by atoms with E-state index >= 15 is 0 Å². The molecule has 1 atom stereocenters. The molecule has 27 heavy (non-hydrogen) atoms. The highest BCUT2D eigenvalue weighted by Gasteiger charge is 2.18. The second kappa shape index (κ2) is 7.57. The number of tetrazole rings is 1. The van der Waals surface area contributed by atoms with Crippen molar-refractivity contribution in [2.75, 3.05) is 13.2 Å². The van der Waals surface area contributed by atoms with Gasteiger partial charge in [0.1, 0.15) is 5.75 Å². The molecule has 0 fully saturated rings. The minimum atomic E-state index is -0.0768. The molecule has 0 saturated heterocycles. The second-order valence-electron chi connectivity index (χ2n) is 6.70. The number of para-hydroxylation sites is 1. The zero-order valence-electron chi connectivity index (χ0n) is 15.1. The highest BCUT2D eigenvalue weighted by Crippen LogP contribution is 2.26. The van der Waals surface area contributed by atoms with Gasteiger partial charge >= 0.3 is 0 Å². The van der Waals surface area contributed by atoms with Crippen LogP contribution in [0, 0.1) is 5.92 Å². The Morgan fingerprint density at radius 2 is 2.04 bits per heavy atom. The summed E-state index contributed by atoms with van der Waals surface area (Å²) in [5.74, 6) is 1.79. The van der Waals surface area contributed by atoms with E-state index in [9.17, 15) is 4.79 Å². The zero-order chi connectivity index (χ0) is 18.6. The van der Waals surface area contributed by atoms with Crippen LogP contribution < -0.4 is 10.1 Å². The van der Waals surface area contributed by atoms with Gasteiger partial charge in [0.15, 0.2) is 0 Å². The number of hydrogen-bond donors (Lipinski definition) is 1. The number of benzene rings is 2. The Bertz CT molecular complexity index is 936. The van der Waals surface area contributed by atoms with E-state index in [2.05, 4.69) is 26.8 Å². The highest BCUT2D eigenvalue weighted by atomic mass is 16.5. The molecule has 4 rings (SSSR count). The molecule has 0 aliphatic carbocycles. The van der Waals surface area contributed by atoms with Crippen LogP contribution in [0.15, 0.2) is 48.5 Å². The molecule has 1 aliphatic heterocycles. The normalized spacial score (nSPS) is 16.1. The number of fused-ring (bicyclic) bond motifs is 1. The molecule has 0 unspecified atom stereocenters. The summed E-state index contributed by atoms with van der Waals surface area (Å²) in [6, 6.07) is 15.3. The van der Waals surface area contributed by atoms with E-state index in [4.69, 9.17) is 4.74 Å². The standard InChI is InChI=1S/C20H21N5O2/c1-25-23-19(22-24-25)15-6-8-16(9-7-15)20(26)21-13-14-10-11-27-18-5-3-2-4-17(18)12-14/h2-9,14H,10-13H2,1H3,(H,21,26)/t14-/m0/s1. The number of nitrogens with one attached hydrogen (secondary N) is 1. The summed E-state index contributed by atoms with van der Waals surface area (Å²) in [4.78, 5) is 13.9. The first-order valence-electron chi connectivity index (χ1n) is 9.02. The van der Waals surface area contributed by atoms with Crippen LogP contribution >= 0.6 is 0 Å². The molecule has 1 amide bonds. The lowest BCUT2D eigenvalue weighted by Crippen LogP contribution is -2.30. The van der Waals surface area contributed by atoms with Gasteiger partial charge in [0.05, 0.1) is 13.7 Å². The molecule has 0 bridgehead atoms. The number of aromatic nitrogens is 4. The molecule has 7 nitrogen and oxygen atoms in total. The maximum absolute atomic E-state index is 12.5. The minimum Gasteiger partial charge on any atom is -0.493 e. The van der Waals surface area contributed by atoms with Gasteiger partial charge in [0.25, 0.3) is 5.91 Å². The number of carbonyl (C=O) groups is 1. The molecule has 1 N–H and O–H groups in total. The van der Waals surface area contributed by atoms with Crippen LogP contribution in [0.1, 0.15) is 22.3 Å². The molecule has 2 heterocycles. The molecule has 7 heteroatoms. The lowest BCUT2D eigenvalue weighted by Gasteiger charge is -2.14. The Labute approximate surface area is 157 Å². The summed E-state index contributed by atoms with van der Waals surface area (Å²) in [6.45, 7) is 1.31. The maximum Gasteiger partial charge on any atom is 0.251 e. The smallest absolute Gasteiger partial charge is 0.251 e. The Balaban J connectivity index is 1.36. The van der Waals surface area contributed by atoms with E-state index in [1.807, 2.05) is 30.3 Å². The molecule has 0 spiro atoms. The van der Waals surface area contributed by atoms with Crippen molar-refractivity contribution in [3.05, 3.63) is 59.7 Å². The molecule has 1 aliphatic rings. The van der Waals surface area contributed by atoms with Crippen molar-refractivity contribution in [1.29, 1.82) is 0 Å². The predicted octanol–water partition coefficient (Wildman–Crippen LogP) is 2.25. The van der Waals surface area contributed by atoms with Gasteiger partial charge in [-0.15, -0.1) is 10.2 Å². The van der Waals surface area contributed by atoms with Gasteiger partial charge in [-0.25, -0.2) is 0 Å². The Morgan fingerprint density at radius 1 is 1.22 bits per heavy atom. The molecule has 1 aromatic heterocycles. The van der Waals surface area contributed by atoms with Crippen LogP contribution in [-0.4, -0.2) is 39.3 Å². The van der Waals surface area contributed by atoms with Gasteiger partial charge in [0.2, 0.25) is 5.82 Å². The first-order chi connectivity index (χ1) is 13.2. The summed E-state index contributed by atoms with van der Waals surface area (Å²) < 4.78 is 5.80. The quantitative estimate of drug-likeness (QED) is 0.769. The summed E-state index contributed by atoms with van der Waals surface area (Å²) in [7, 11) is 1.72. The Morgan fingerprint density at radius 3 is 2.81 bits per heavy atom. The van der Waals surface area contributed by atoms with E-state index < -0.39 is 0 Å². The van der Waals surface area contributed by atoms with Crippen molar-refractivity contribution < 1.29 is 9.53 Å². The number of aryl methyl sites for hydroxylation is 1. The van der Waals surface area contributed by atoms with Gasteiger partial charge in [0, 0.05) is 17.7 Å². The average molecular weight is 363 g/mol. The Kier molecular flexibility index (Phi) is 4.82. The fourth-order valence-corrected chi connectivity index (χ4v) is 3.25. The summed E-state index contributed by atoms with van der Waals surface area (Å²) >= 11 is 0. The van der Waals surface area contributed by atoms with Crippen molar-refractivity contribution in [3.63, 3.8) is 0 Å². The number of amides is 1. The summed E-state index contributed by atoms with van der Waals surface area (Å²) in [5.41, 5.74) is 2.65. The molecule has 0 saturated carbocycles. The minimum absolute atomic E-state index is 0.0768. The van der Waals surface area contributed by atoms with E-state index in [-0.39, 0.29) is 5.91 Å². The van der Waals surface area contributed by atoms with Crippen LogP contribution in [-0.2, 0) is 13.5 Å². The van der Waals surface area contributed by atoms with E-state index in [1.54, 1.807) is 19.2 Å². The maximum atomic E-state index is 12.5. The van der Waals surface area contributed by atoms with Crippen LogP contribution in [0.4, 0.5) is 0 Å². The number of ether oxygens (including phenoxy) is 1. The third-order valence-corrected chi connectivity index (χ3v) is 4.73. The van der Waals surface area contributed by atoms with Crippen molar-refractivity contribution in [2.45, 2.75) is 12.8 Å². The lowest BCUT2D eigenvalue weighted by molar-refractivity contribution is 0.0945. The van der Waals surface area contributed by atoms with Gasteiger partial charge in [-0.3, -0.25) is 4.79 Å². The molecule has 0 radical (unpaired) electrons. The van der Waals surface area contributed by atoms with E-state index in [1.165, 1.54) is 10.4 Å². The number of hydrogen-bond acceptors (Lipinski definition) is 5. The van der Waals surface area contributed by atoms with Gasteiger partial charge in [-0.2, -0.15) is 4.80 Å². The number of rotatable bonds is 4. The SMILES string of the molecule is Cn1nnc(-c2ccc(C(=O)NC[C@H]3CCOc4ccccc4C3)cc2)n1. The third-order valence-electron chi connectivity index (χ3n) is 4.73. The fraction of sp³-hybridized carbons (Fsp3) is 0.300. The van der Waals surface area contributed by atoms with Crippen LogP contribution in [0.5, 0.6) is 5.75 Å². The second-order valence-corrected chi connectivity index (χ2v) is 6.70. The van der Waals surface area contributed by atoms with E-state index in [0.717, 1.165) is 24.2 Å². The monoisotopic (exact) mass is 363 g/mol. The summed E-state index contributed by atoms with van der Waals surface area (Å²) in [5, 5.41) is 15.0. The molecule has 138 valence electrons. The summed E-state index contributed by atoms with van der Waals surface area (Å²) in [6.07, 6.45) is 1.83. The van der Waals surface area contributed by atoms with Crippen LogP contribution in [0.3, 0.4) is 0 Å². The number of nitrogens with zero attached hydrogens (tertiary/aromatic N) is 4. The van der Waals surface area contributed by atoms with Crippen molar-refractivity contribution >= 4 is 5.91 Å². The van der Waals surface area contributed by atoms with Crippen molar-refractivity contribution in [2.24, 2.45) is 13.0 Å². The molecular formula is C20H21N5O2. The first kappa shape index (κ1) is 17.2. The van der Waals surface area contributed by atoms with Crippen molar-refractivity contribution in [3.8, 4) is 17.1 Å². The van der Waals surface area contributed by atoms with Gasteiger partial charge in [-0.05, 0) is 47.7 Å². The Hall–Kier alpha value is -3.22. The van der Waals surface area contributed by atoms with Crippen LogP contribution in [0.25, 0.3) is 11.4 Å². The number of carbonyl (C=O) groups excluding carboxylic acids is 1. The largest absolute Gasteiger partial charge is 0.493 e. The lowest BCUT2D eigenvalue weighted by atomic mass is 9.97. The molecule has 2 aromatic carbocycles. The van der Waals surface area contributed by atoms with Crippen LogP contribution in [0.2, 0.25) is 0 Å². The van der Waals surface area contributed by atoms with Crippen molar-refractivity contribution in [1.82, 2.24) is 25.5 Å².